The van der Waals surface area contributed by atoms with E-state index in [-0.39, 0.29) is 18.4 Å². The standard InChI is InChI=1S/C26H35N7O2/c1-4-25(2)10-8-18-21(14-25)30-31-23(18)20-12-16-6-7-17(13-19(16)29-20)32(3)22(34)15-33-11-5-9-26(27,28)24(33)35/h6-7,12-13,29H,4-5,8-11,14-15,27-28H2,1-3H3,(H,30,31). The second-order valence-corrected chi connectivity index (χ2v) is 10.6. The lowest BCUT2D eigenvalue weighted by molar-refractivity contribution is -0.142. The van der Waals surface area contributed by atoms with E-state index in [1.54, 1.807) is 11.9 Å². The van der Waals surface area contributed by atoms with E-state index in [1.807, 2.05) is 18.2 Å². The van der Waals surface area contributed by atoms with E-state index in [9.17, 15) is 9.59 Å². The zero-order chi connectivity index (χ0) is 25.0. The number of benzene rings is 1. The molecule has 5 rings (SSSR count). The Morgan fingerprint density at radius 3 is 2.83 bits per heavy atom. The molecule has 0 radical (unpaired) electrons. The number of rotatable bonds is 5. The number of amides is 2. The molecule has 0 spiro atoms. The monoisotopic (exact) mass is 477 g/mol. The largest absolute Gasteiger partial charge is 0.353 e. The van der Waals surface area contributed by atoms with Crippen molar-refractivity contribution in [2.24, 2.45) is 16.9 Å². The van der Waals surface area contributed by atoms with Crippen molar-refractivity contribution in [2.75, 3.05) is 25.0 Å². The number of aromatic nitrogens is 3. The van der Waals surface area contributed by atoms with Crippen molar-refractivity contribution in [3.05, 3.63) is 35.5 Å². The summed E-state index contributed by atoms with van der Waals surface area (Å²) in [4.78, 5) is 32.0. The molecule has 1 aliphatic carbocycles. The SMILES string of the molecule is CCC1(C)CCc2c(-c3cc4ccc(N(C)C(=O)CN5CCCC(N)(N)C5=O)cc4[nH]3)n[nH]c2C1. The molecule has 186 valence electrons. The molecule has 9 heteroatoms. The highest BCUT2D eigenvalue weighted by atomic mass is 16.2. The number of fused-ring (bicyclic) bond motifs is 2. The fraction of sp³-hybridized carbons (Fsp3) is 0.500. The van der Waals surface area contributed by atoms with Crippen molar-refractivity contribution >= 4 is 28.4 Å². The van der Waals surface area contributed by atoms with Crippen LogP contribution in [0.25, 0.3) is 22.3 Å². The van der Waals surface area contributed by atoms with Gasteiger partial charge in [0.25, 0.3) is 5.91 Å². The number of likely N-dealkylation sites (N-methyl/N-ethyl adjacent to an activating group) is 1. The Morgan fingerprint density at radius 1 is 1.26 bits per heavy atom. The fourth-order valence-electron chi connectivity index (χ4n) is 5.36. The van der Waals surface area contributed by atoms with E-state index in [2.05, 4.69) is 35.1 Å². The van der Waals surface area contributed by atoms with Gasteiger partial charge in [-0.25, -0.2) is 0 Å². The van der Waals surface area contributed by atoms with E-state index >= 15 is 0 Å². The number of aromatic amines is 2. The van der Waals surface area contributed by atoms with Gasteiger partial charge in [-0.15, -0.1) is 0 Å². The van der Waals surface area contributed by atoms with Crippen molar-refractivity contribution in [1.82, 2.24) is 20.1 Å². The molecule has 1 aromatic carbocycles. The van der Waals surface area contributed by atoms with Crippen molar-refractivity contribution in [2.45, 2.75) is 58.0 Å². The molecule has 1 fully saturated rings. The minimum Gasteiger partial charge on any atom is -0.353 e. The maximum absolute atomic E-state index is 13.0. The zero-order valence-corrected chi connectivity index (χ0v) is 20.8. The van der Waals surface area contributed by atoms with Gasteiger partial charge in [-0.1, -0.05) is 26.3 Å². The lowest BCUT2D eigenvalue weighted by Gasteiger charge is -2.36. The number of hydrogen-bond donors (Lipinski definition) is 4. The molecule has 9 nitrogen and oxygen atoms in total. The van der Waals surface area contributed by atoms with Crippen LogP contribution in [0.3, 0.4) is 0 Å². The molecule has 0 bridgehead atoms. The third kappa shape index (κ3) is 4.23. The number of hydrogen-bond acceptors (Lipinski definition) is 5. The lowest BCUT2D eigenvalue weighted by atomic mass is 9.73. The summed E-state index contributed by atoms with van der Waals surface area (Å²) in [6.07, 6.45) is 5.48. The van der Waals surface area contributed by atoms with Gasteiger partial charge in [0.15, 0.2) is 0 Å². The van der Waals surface area contributed by atoms with Crippen LogP contribution in [-0.2, 0) is 22.4 Å². The number of anilines is 1. The number of nitrogens with one attached hydrogen (secondary N) is 2. The van der Waals surface area contributed by atoms with E-state index in [0.717, 1.165) is 53.7 Å². The molecule has 3 aromatic rings. The number of nitrogens with two attached hydrogens (primary N) is 2. The molecular formula is C26H35N7O2. The normalized spacial score (nSPS) is 21.9. The third-order valence-electron chi connectivity index (χ3n) is 8.04. The number of carbonyl (C=O) groups excluding carboxylic acids is 2. The Balaban J connectivity index is 1.35. The molecule has 0 saturated carbocycles. The smallest absolute Gasteiger partial charge is 0.257 e. The molecule has 2 aliphatic rings. The minimum atomic E-state index is -1.39. The van der Waals surface area contributed by atoms with Gasteiger partial charge in [0.2, 0.25) is 5.91 Å². The predicted octanol–water partition coefficient (Wildman–Crippen LogP) is 2.66. The molecule has 2 amide bonds. The first-order valence-electron chi connectivity index (χ1n) is 12.4. The van der Waals surface area contributed by atoms with E-state index in [4.69, 9.17) is 11.5 Å². The van der Waals surface area contributed by atoms with Crippen LogP contribution in [0, 0.1) is 5.41 Å². The minimum absolute atomic E-state index is 0.0460. The Kier molecular flexibility index (Phi) is 5.72. The van der Waals surface area contributed by atoms with Gasteiger partial charge in [-0.2, -0.15) is 5.10 Å². The quantitative estimate of drug-likeness (QED) is 0.419. The second kappa shape index (κ2) is 8.49. The van der Waals surface area contributed by atoms with Gasteiger partial charge in [-0.05, 0) is 55.7 Å². The Morgan fingerprint density at radius 2 is 2.06 bits per heavy atom. The zero-order valence-electron chi connectivity index (χ0n) is 20.8. The molecule has 1 unspecified atom stereocenters. The summed E-state index contributed by atoms with van der Waals surface area (Å²) >= 11 is 0. The number of likely N-dealkylation sites (tertiary alicyclic amines) is 1. The van der Waals surface area contributed by atoms with Crippen molar-refractivity contribution < 1.29 is 9.59 Å². The number of nitrogens with zero attached hydrogens (tertiary/aromatic N) is 3. The third-order valence-corrected chi connectivity index (χ3v) is 8.04. The highest BCUT2D eigenvalue weighted by Crippen LogP contribution is 2.40. The first-order chi connectivity index (χ1) is 16.6. The summed E-state index contributed by atoms with van der Waals surface area (Å²) in [6.45, 7) is 5.05. The molecule has 1 saturated heterocycles. The molecule has 1 atom stereocenters. The van der Waals surface area contributed by atoms with Crippen LogP contribution in [0.4, 0.5) is 5.69 Å². The van der Waals surface area contributed by atoms with Crippen molar-refractivity contribution in [3.8, 4) is 11.4 Å². The molecule has 35 heavy (non-hydrogen) atoms. The number of piperidine rings is 1. The Labute approximate surface area is 205 Å². The summed E-state index contributed by atoms with van der Waals surface area (Å²) in [5.41, 5.74) is 16.9. The first kappa shape index (κ1) is 23.6. The summed E-state index contributed by atoms with van der Waals surface area (Å²) < 4.78 is 0. The highest BCUT2D eigenvalue weighted by Gasteiger charge is 2.38. The van der Waals surface area contributed by atoms with Gasteiger partial charge in [-0.3, -0.25) is 14.7 Å². The van der Waals surface area contributed by atoms with Gasteiger partial charge >= 0.3 is 0 Å². The summed E-state index contributed by atoms with van der Waals surface area (Å²) in [5.74, 6) is -0.570. The summed E-state index contributed by atoms with van der Waals surface area (Å²) in [7, 11) is 1.72. The number of carbonyl (C=O) groups is 2. The van der Waals surface area contributed by atoms with Gasteiger partial charge in [0.1, 0.15) is 17.9 Å². The predicted molar refractivity (Wildman–Crippen MR) is 137 cm³/mol. The van der Waals surface area contributed by atoms with Gasteiger partial charge in [0, 0.05) is 41.4 Å². The Hall–Kier alpha value is -3.17. The van der Waals surface area contributed by atoms with Crippen LogP contribution in [0.15, 0.2) is 24.3 Å². The van der Waals surface area contributed by atoms with Crippen LogP contribution in [0.5, 0.6) is 0 Å². The maximum atomic E-state index is 13.0. The average molecular weight is 478 g/mol. The van der Waals surface area contributed by atoms with E-state index < -0.39 is 5.66 Å². The molecule has 2 aromatic heterocycles. The molecular weight excluding hydrogens is 442 g/mol. The van der Waals surface area contributed by atoms with Crippen molar-refractivity contribution in [1.29, 1.82) is 0 Å². The maximum Gasteiger partial charge on any atom is 0.257 e. The summed E-state index contributed by atoms with van der Waals surface area (Å²) in [5, 5.41) is 8.99. The first-order valence-corrected chi connectivity index (χ1v) is 12.4. The fourth-order valence-corrected chi connectivity index (χ4v) is 5.36. The summed E-state index contributed by atoms with van der Waals surface area (Å²) in [6, 6.07) is 7.98. The molecule has 1 aliphatic heterocycles. The van der Waals surface area contributed by atoms with Crippen LogP contribution < -0.4 is 16.4 Å². The van der Waals surface area contributed by atoms with Crippen LogP contribution in [0.1, 0.15) is 50.8 Å². The Bertz CT molecular complexity index is 1290. The van der Waals surface area contributed by atoms with E-state index in [1.165, 1.54) is 16.2 Å². The van der Waals surface area contributed by atoms with Gasteiger partial charge in [0.05, 0.1) is 5.69 Å². The van der Waals surface area contributed by atoms with E-state index in [0.29, 0.717) is 24.8 Å². The lowest BCUT2D eigenvalue weighted by Crippen LogP contribution is -2.65. The average Bonchev–Trinajstić information content (AvgIpc) is 3.44. The number of H-pyrrole nitrogens is 2. The van der Waals surface area contributed by atoms with Crippen LogP contribution >= 0.6 is 0 Å². The van der Waals surface area contributed by atoms with Crippen LogP contribution in [-0.4, -0.2) is 57.7 Å². The highest BCUT2D eigenvalue weighted by molar-refractivity contribution is 5.99. The van der Waals surface area contributed by atoms with Crippen molar-refractivity contribution in [3.63, 3.8) is 0 Å². The molecule has 3 heterocycles. The molecule has 6 N–H and O–H groups in total. The van der Waals surface area contributed by atoms with Crippen LogP contribution in [0.2, 0.25) is 0 Å². The second-order valence-electron chi connectivity index (χ2n) is 10.6. The topological polar surface area (TPSA) is 137 Å². The van der Waals surface area contributed by atoms with Gasteiger partial charge < -0.3 is 26.3 Å².